The van der Waals surface area contributed by atoms with Crippen molar-refractivity contribution in [2.75, 3.05) is 0 Å². The lowest BCUT2D eigenvalue weighted by Gasteiger charge is -2.18. The smallest absolute Gasteiger partial charge is 0.314 e. The fourth-order valence-corrected chi connectivity index (χ4v) is 2.22. The maximum atomic E-state index is 12.1. The van der Waals surface area contributed by atoms with E-state index in [0.29, 0.717) is 12.0 Å². The van der Waals surface area contributed by atoms with Gasteiger partial charge in [-0.2, -0.15) is 5.10 Å². The molecule has 0 spiro atoms. The number of carbonyl (C=O) groups is 2. The van der Waals surface area contributed by atoms with Crippen molar-refractivity contribution in [3.05, 3.63) is 18.0 Å². The zero-order chi connectivity index (χ0) is 14.3. The van der Waals surface area contributed by atoms with Gasteiger partial charge in [-0.3, -0.25) is 14.7 Å². The van der Waals surface area contributed by atoms with Crippen LogP contribution < -0.4 is 0 Å². The molecule has 0 saturated carbocycles. The summed E-state index contributed by atoms with van der Waals surface area (Å²) in [5, 5.41) is 15.5. The molecule has 19 heavy (non-hydrogen) atoms. The van der Waals surface area contributed by atoms with Crippen molar-refractivity contribution in [1.82, 2.24) is 10.2 Å². The number of Topliss-reactive ketones (excluding diaryl/α,β-unsaturated/α-hetero) is 1. The molecule has 0 aliphatic carbocycles. The zero-order valence-electron chi connectivity index (χ0n) is 11.6. The first-order valence-corrected chi connectivity index (χ1v) is 6.85. The van der Waals surface area contributed by atoms with Crippen LogP contribution in [0.15, 0.2) is 12.4 Å². The Labute approximate surface area is 113 Å². The van der Waals surface area contributed by atoms with Crippen LogP contribution in [0, 0.1) is 11.8 Å². The molecular weight excluding hydrogens is 244 g/mol. The molecule has 0 bridgehead atoms. The molecule has 0 aromatic carbocycles. The maximum Gasteiger partial charge on any atom is 0.314 e. The van der Waals surface area contributed by atoms with E-state index in [1.54, 1.807) is 0 Å². The van der Waals surface area contributed by atoms with E-state index in [0.717, 1.165) is 25.7 Å². The normalized spacial score (nSPS) is 14.0. The number of nitrogens with zero attached hydrogens (tertiary/aromatic N) is 1. The fraction of sp³-hybridized carbons (Fsp3) is 0.643. The highest BCUT2D eigenvalue weighted by atomic mass is 16.4. The number of nitrogens with one attached hydrogen (secondary N) is 1. The molecule has 0 saturated heterocycles. The van der Waals surface area contributed by atoms with E-state index in [1.165, 1.54) is 12.4 Å². The molecule has 2 unspecified atom stereocenters. The molecule has 1 aromatic rings. The summed E-state index contributed by atoms with van der Waals surface area (Å²) in [5.41, 5.74) is 0.345. The predicted molar refractivity (Wildman–Crippen MR) is 72.0 cm³/mol. The number of hydrogen-bond acceptors (Lipinski definition) is 3. The predicted octanol–water partition coefficient (Wildman–Crippen LogP) is 2.90. The maximum absolute atomic E-state index is 12.1. The third-order valence-electron chi connectivity index (χ3n) is 3.51. The van der Waals surface area contributed by atoms with Gasteiger partial charge in [0, 0.05) is 6.20 Å². The van der Waals surface area contributed by atoms with Crippen molar-refractivity contribution >= 4 is 11.8 Å². The Morgan fingerprint density at radius 2 is 2.16 bits per heavy atom. The van der Waals surface area contributed by atoms with Crippen molar-refractivity contribution in [2.45, 2.75) is 46.0 Å². The lowest BCUT2D eigenvalue weighted by molar-refractivity contribution is -0.140. The van der Waals surface area contributed by atoms with Gasteiger partial charge in [0.15, 0.2) is 5.78 Å². The van der Waals surface area contributed by atoms with Crippen LogP contribution >= 0.6 is 0 Å². The van der Waals surface area contributed by atoms with E-state index < -0.39 is 11.9 Å². The van der Waals surface area contributed by atoms with Crippen molar-refractivity contribution < 1.29 is 14.7 Å². The van der Waals surface area contributed by atoms with Crippen LogP contribution in [-0.4, -0.2) is 27.1 Å². The number of aromatic nitrogens is 2. The van der Waals surface area contributed by atoms with Crippen LogP contribution in [-0.2, 0) is 4.79 Å². The minimum absolute atomic E-state index is 0.289. The van der Waals surface area contributed by atoms with E-state index in [2.05, 4.69) is 17.1 Å². The first-order valence-electron chi connectivity index (χ1n) is 6.85. The second-order valence-corrected chi connectivity index (χ2v) is 4.89. The summed E-state index contributed by atoms with van der Waals surface area (Å²) in [4.78, 5) is 23.4. The molecule has 0 amide bonds. The molecule has 5 nitrogen and oxygen atoms in total. The second-order valence-electron chi connectivity index (χ2n) is 4.89. The van der Waals surface area contributed by atoms with Crippen LogP contribution in [0.1, 0.15) is 56.3 Å². The first kappa shape index (κ1) is 15.4. The molecule has 5 heteroatoms. The van der Waals surface area contributed by atoms with Crippen molar-refractivity contribution in [1.29, 1.82) is 0 Å². The Bertz CT molecular complexity index is 401. The molecular formula is C14H22N2O3. The van der Waals surface area contributed by atoms with Gasteiger partial charge in [-0.15, -0.1) is 0 Å². The Balaban J connectivity index is 2.72. The molecule has 0 fully saturated rings. The van der Waals surface area contributed by atoms with Crippen LogP contribution in [0.3, 0.4) is 0 Å². The van der Waals surface area contributed by atoms with Gasteiger partial charge in [-0.05, 0) is 12.3 Å². The van der Waals surface area contributed by atoms with Crippen LogP contribution in [0.5, 0.6) is 0 Å². The van der Waals surface area contributed by atoms with Crippen LogP contribution in [0.25, 0.3) is 0 Å². The van der Waals surface area contributed by atoms with Crippen LogP contribution in [0.4, 0.5) is 0 Å². The van der Waals surface area contributed by atoms with Gasteiger partial charge in [-0.1, -0.05) is 39.5 Å². The number of carbonyl (C=O) groups excluding carboxylic acids is 1. The number of carboxylic acid groups (broad SMARTS) is 1. The number of carboxylic acids is 1. The average molecular weight is 266 g/mol. The Morgan fingerprint density at radius 1 is 1.42 bits per heavy atom. The Hall–Kier alpha value is -1.65. The minimum atomic E-state index is -1.04. The van der Waals surface area contributed by atoms with Gasteiger partial charge >= 0.3 is 5.97 Å². The third kappa shape index (κ3) is 4.50. The number of rotatable bonds is 9. The summed E-state index contributed by atoms with van der Waals surface area (Å²) in [5.74, 6) is -2.06. The summed E-state index contributed by atoms with van der Waals surface area (Å²) < 4.78 is 0. The number of unbranched alkanes of at least 4 members (excludes halogenated alkanes) is 1. The quantitative estimate of drug-likeness (QED) is 0.531. The highest BCUT2D eigenvalue weighted by Crippen LogP contribution is 2.24. The van der Waals surface area contributed by atoms with E-state index in [4.69, 9.17) is 0 Å². The van der Waals surface area contributed by atoms with E-state index in [-0.39, 0.29) is 11.7 Å². The van der Waals surface area contributed by atoms with E-state index in [9.17, 15) is 14.7 Å². The molecule has 2 atom stereocenters. The lowest BCUT2D eigenvalue weighted by atomic mass is 9.85. The zero-order valence-corrected chi connectivity index (χ0v) is 11.6. The Morgan fingerprint density at radius 3 is 2.63 bits per heavy atom. The molecule has 0 aliphatic rings. The number of H-pyrrole nitrogens is 1. The first-order chi connectivity index (χ1) is 9.10. The topological polar surface area (TPSA) is 83.0 Å². The van der Waals surface area contributed by atoms with Gasteiger partial charge in [0.2, 0.25) is 0 Å². The molecule has 1 heterocycles. The third-order valence-corrected chi connectivity index (χ3v) is 3.51. The molecule has 0 aliphatic heterocycles. The van der Waals surface area contributed by atoms with Gasteiger partial charge in [0.05, 0.1) is 11.8 Å². The molecule has 2 N–H and O–H groups in total. The summed E-state index contributed by atoms with van der Waals surface area (Å²) in [6.07, 6.45) is 7.29. The standard InChI is InChI=1S/C14H22N2O3/c1-3-5-6-10(4-2)7-12(14(18)19)13(17)11-8-15-16-9-11/h8-10,12H,3-7H2,1-2H3,(H,15,16)(H,18,19). The summed E-state index contributed by atoms with van der Waals surface area (Å²) in [6, 6.07) is 0. The van der Waals surface area contributed by atoms with Gasteiger partial charge in [0.1, 0.15) is 5.92 Å². The van der Waals surface area contributed by atoms with Crippen molar-refractivity contribution in [3.63, 3.8) is 0 Å². The van der Waals surface area contributed by atoms with Gasteiger partial charge in [0.25, 0.3) is 0 Å². The van der Waals surface area contributed by atoms with E-state index in [1.807, 2.05) is 6.92 Å². The molecule has 1 aromatic heterocycles. The molecule has 0 radical (unpaired) electrons. The summed E-state index contributed by atoms with van der Waals surface area (Å²) in [7, 11) is 0. The average Bonchev–Trinajstić information content (AvgIpc) is 2.92. The van der Waals surface area contributed by atoms with Crippen LogP contribution in [0.2, 0.25) is 0 Å². The fourth-order valence-electron chi connectivity index (χ4n) is 2.22. The van der Waals surface area contributed by atoms with Crippen molar-refractivity contribution in [3.8, 4) is 0 Å². The van der Waals surface area contributed by atoms with Gasteiger partial charge in [-0.25, -0.2) is 0 Å². The largest absolute Gasteiger partial charge is 0.481 e. The lowest BCUT2D eigenvalue weighted by Crippen LogP contribution is -2.26. The molecule has 1 rings (SSSR count). The Kier molecular flexibility index (Phi) is 6.25. The number of aliphatic carboxylic acids is 1. The van der Waals surface area contributed by atoms with Crippen molar-refractivity contribution in [2.24, 2.45) is 11.8 Å². The monoisotopic (exact) mass is 266 g/mol. The summed E-state index contributed by atoms with van der Waals surface area (Å²) in [6.45, 7) is 4.15. The number of hydrogen-bond donors (Lipinski definition) is 2. The summed E-state index contributed by atoms with van der Waals surface area (Å²) >= 11 is 0. The minimum Gasteiger partial charge on any atom is -0.481 e. The highest BCUT2D eigenvalue weighted by molar-refractivity contribution is 6.07. The second kappa shape index (κ2) is 7.71. The number of ketones is 1. The highest BCUT2D eigenvalue weighted by Gasteiger charge is 2.30. The van der Waals surface area contributed by atoms with Gasteiger partial charge < -0.3 is 5.11 Å². The number of aromatic amines is 1. The molecule has 106 valence electrons. The SMILES string of the molecule is CCCCC(CC)CC(C(=O)O)C(=O)c1cn[nH]c1. The van der Waals surface area contributed by atoms with E-state index >= 15 is 0 Å².